The van der Waals surface area contributed by atoms with Crippen LogP contribution in [0.2, 0.25) is 0 Å². The van der Waals surface area contributed by atoms with Gasteiger partial charge in [-0.3, -0.25) is 4.79 Å². The number of halogens is 1. The number of imidazole rings is 1. The molecule has 0 bridgehead atoms. The van der Waals surface area contributed by atoms with Crippen molar-refractivity contribution < 1.29 is 9.53 Å². The van der Waals surface area contributed by atoms with Gasteiger partial charge in [-0.15, -0.1) is 0 Å². The maximum absolute atomic E-state index is 11.6. The van der Waals surface area contributed by atoms with Gasteiger partial charge < -0.3 is 14.6 Å². The van der Waals surface area contributed by atoms with Gasteiger partial charge in [-0.05, 0) is 29.8 Å². The number of hydrogen-bond acceptors (Lipinski definition) is 3. The minimum Gasteiger partial charge on any atom is -0.375 e. The van der Waals surface area contributed by atoms with Crippen molar-refractivity contribution in [1.29, 1.82) is 0 Å². The number of nitrogens with one attached hydrogen (secondary N) is 1. The Bertz CT molecular complexity index is 876. The fourth-order valence-electron chi connectivity index (χ4n) is 2.81. The van der Waals surface area contributed by atoms with Crippen molar-refractivity contribution in [2.24, 2.45) is 0 Å². The smallest absolute Gasteiger partial charge is 0.245 e. The van der Waals surface area contributed by atoms with Crippen LogP contribution in [-0.4, -0.2) is 35.7 Å². The normalized spacial score (nSPS) is 11.0. The van der Waals surface area contributed by atoms with Gasteiger partial charge in [0, 0.05) is 31.1 Å². The first kappa shape index (κ1) is 17.6. The zero-order valence-corrected chi connectivity index (χ0v) is 15.6. The topological polar surface area (TPSA) is 56.1 Å². The number of methoxy groups -OCH3 is 1. The van der Waals surface area contributed by atoms with Crippen molar-refractivity contribution >= 4 is 32.9 Å². The summed E-state index contributed by atoms with van der Waals surface area (Å²) in [4.78, 5) is 16.3. The Morgan fingerprint density at radius 3 is 2.88 bits per heavy atom. The largest absolute Gasteiger partial charge is 0.375 e. The summed E-state index contributed by atoms with van der Waals surface area (Å²) in [6, 6.07) is 16.4. The van der Waals surface area contributed by atoms with E-state index in [1.54, 1.807) is 0 Å². The molecule has 0 saturated heterocycles. The molecule has 0 fully saturated rings. The molecule has 0 spiro atoms. The number of nitrogens with zero attached hydrogens (tertiary/aromatic N) is 2. The van der Waals surface area contributed by atoms with Gasteiger partial charge in [0.15, 0.2) is 0 Å². The number of aromatic nitrogens is 2. The number of hydrogen-bond donors (Lipinski definition) is 1. The van der Waals surface area contributed by atoms with Crippen molar-refractivity contribution in [3.05, 3.63) is 64.4 Å². The van der Waals surface area contributed by atoms with Crippen LogP contribution < -0.4 is 5.32 Å². The molecule has 0 aliphatic rings. The molecule has 0 aliphatic carbocycles. The lowest BCUT2D eigenvalue weighted by Gasteiger charge is -2.10. The molecule has 0 atom stereocenters. The summed E-state index contributed by atoms with van der Waals surface area (Å²) >= 11 is 3.52. The van der Waals surface area contributed by atoms with Gasteiger partial charge in [0.1, 0.15) is 12.4 Å². The number of carbonyl (C=O) groups is 1. The third-order valence-corrected chi connectivity index (χ3v) is 4.40. The molecular weight excluding hydrogens is 382 g/mol. The van der Waals surface area contributed by atoms with Gasteiger partial charge in [0.25, 0.3) is 0 Å². The summed E-state index contributed by atoms with van der Waals surface area (Å²) in [5, 5.41) is 2.85. The van der Waals surface area contributed by atoms with Crippen LogP contribution in [0.1, 0.15) is 11.4 Å². The summed E-state index contributed by atoms with van der Waals surface area (Å²) in [5.41, 5.74) is 3.26. The van der Waals surface area contributed by atoms with Crippen molar-refractivity contribution in [2.45, 2.75) is 13.0 Å². The van der Waals surface area contributed by atoms with Gasteiger partial charge in [0.2, 0.25) is 5.91 Å². The second-order valence-electron chi connectivity index (χ2n) is 5.77. The van der Waals surface area contributed by atoms with Crippen molar-refractivity contribution in [3.8, 4) is 0 Å². The monoisotopic (exact) mass is 401 g/mol. The highest BCUT2D eigenvalue weighted by atomic mass is 79.9. The first-order valence-corrected chi connectivity index (χ1v) is 8.91. The molecule has 5 nitrogen and oxygen atoms in total. The molecule has 1 aromatic heterocycles. The number of rotatable bonds is 7. The molecule has 1 N–H and O–H groups in total. The first-order valence-electron chi connectivity index (χ1n) is 8.11. The highest BCUT2D eigenvalue weighted by Gasteiger charge is 2.11. The van der Waals surface area contributed by atoms with Crippen LogP contribution in [0.15, 0.2) is 53.0 Å². The molecule has 0 radical (unpaired) electrons. The molecule has 6 heteroatoms. The standard InChI is InChI=1S/C19H20BrN3O2/c1-25-13-19(24)21-10-9-18-22-16-7-2-3-8-17(16)23(18)12-14-5-4-6-15(20)11-14/h2-8,11H,9-10,12-13H2,1H3,(H,21,24). The molecule has 0 saturated carbocycles. The Morgan fingerprint density at radius 1 is 1.24 bits per heavy atom. The summed E-state index contributed by atoms with van der Waals surface area (Å²) in [7, 11) is 1.51. The molecule has 130 valence electrons. The molecule has 0 unspecified atom stereocenters. The molecule has 1 heterocycles. The van der Waals surface area contributed by atoms with Gasteiger partial charge in [-0.25, -0.2) is 4.98 Å². The van der Waals surface area contributed by atoms with Gasteiger partial charge in [0.05, 0.1) is 11.0 Å². The molecular formula is C19H20BrN3O2. The lowest BCUT2D eigenvalue weighted by molar-refractivity contribution is -0.124. The van der Waals surface area contributed by atoms with Crippen LogP contribution in [0, 0.1) is 0 Å². The predicted octanol–water partition coefficient (Wildman–Crippen LogP) is 3.15. The Balaban J connectivity index is 1.83. The third kappa shape index (κ3) is 4.46. The van der Waals surface area contributed by atoms with E-state index in [1.165, 1.54) is 12.7 Å². The van der Waals surface area contributed by atoms with Crippen LogP contribution in [0.5, 0.6) is 0 Å². The Morgan fingerprint density at radius 2 is 2.08 bits per heavy atom. The minimum absolute atomic E-state index is 0.0778. The van der Waals surface area contributed by atoms with Gasteiger partial charge in [-0.1, -0.05) is 40.2 Å². The van der Waals surface area contributed by atoms with Crippen LogP contribution in [0.3, 0.4) is 0 Å². The second-order valence-corrected chi connectivity index (χ2v) is 6.68. The molecule has 25 heavy (non-hydrogen) atoms. The lowest BCUT2D eigenvalue weighted by atomic mass is 10.2. The second kappa shape index (κ2) is 8.27. The number of benzene rings is 2. The van der Waals surface area contributed by atoms with E-state index in [1.807, 2.05) is 30.3 Å². The van der Waals surface area contributed by atoms with Crippen LogP contribution in [-0.2, 0) is 22.5 Å². The molecule has 3 rings (SSSR count). The highest BCUT2D eigenvalue weighted by Crippen LogP contribution is 2.20. The summed E-state index contributed by atoms with van der Waals surface area (Å²) in [6.45, 7) is 1.35. The van der Waals surface area contributed by atoms with Crippen LogP contribution in [0.25, 0.3) is 11.0 Å². The number of amides is 1. The quantitative estimate of drug-likeness (QED) is 0.661. The SMILES string of the molecule is COCC(=O)NCCc1nc2ccccc2n1Cc1cccc(Br)c1. The maximum Gasteiger partial charge on any atom is 0.245 e. The Kier molecular flexibility index (Phi) is 5.83. The summed E-state index contributed by atoms with van der Waals surface area (Å²) < 4.78 is 8.10. The van der Waals surface area contributed by atoms with E-state index in [-0.39, 0.29) is 12.5 Å². The van der Waals surface area contributed by atoms with Crippen molar-refractivity contribution in [2.75, 3.05) is 20.3 Å². The van der Waals surface area contributed by atoms with Crippen molar-refractivity contribution in [1.82, 2.24) is 14.9 Å². The Hall–Kier alpha value is -2.18. The van der Waals surface area contributed by atoms with Gasteiger partial charge >= 0.3 is 0 Å². The maximum atomic E-state index is 11.6. The number of carbonyl (C=O) groups excluding carboxylic acids is 1. The van der Waals surface area contributed by atoms with Crippen LogP contribution in [0.4, 0.5) is 0 Å². The predicted molar refractivity (Wildman–Crippen MR) is 102 cm³/mol. The van der Waals surface area contributed by atoms with E-state index in [2.05, 4.69) is 44.0 Å². The van der Waals surface area contributed by atoms with E-state index >= 15 is 0 Å². The average molecular weight is 402 g/mol. The third-order valence-electron chi connectivity index (χ3n) is 3.91. The fraction of sp³-hybridized carbons (Fsp3) is 0.263. The summed E-state index contributed by atoms with van der Waals surface area (Å²) in [5.74, 6) is 0.844. The van der Waals surface area contributed by atoms with Crippen LogP contribution >= 0.6 is 15.9 Å². The Labute approximate surface area is 155 Å². The zero-order valence-electron chi connectivity index (χ0n) is 14.0. The van der Waals surface area contributed by atoms with Crippen molar-refractivity contribution in [3.63, 3.8) is 0 Å². The van der Waals surface area contributed by atoms with E-state index in [0.717, 1.165) is 27.9 Å². The summed E-state index contributed by atoms with van der Waals surface area (Å²) in [6.07, 6.45) is 0.665. The molecule has 0 aliphatic heterocycles. The highest BCUT2D eigenvalue weighted by molar-refractivity contribution is 9.10. The van der Waals surface area contributed by atoms with E-state index in [4.69, 9.17) is 9.72 Å². The first-order chi connectivity index (χ1) is 12.2. The van der Waals surface area contributed by atoms with E-state index < -0.39 is 0 Å². The molecule has 3 aromatic rings. The molecule has 2 aromatic carbocycles. The number of ether oxygens (including phenoxy) is 1. The average Bonchev–Trinajstić information content (AvgIpc) is 2.93. The van der Waals surface area contributed by atoms with E-state index in [0.29, 0.717) is 13.0 Å². The number of fused-ring (bicyclic) bond motifs is 1. The van der Waals surface area contributed by atoms with E-state index in [9.17, 15) is 4.79 Å². The fourth-order valence-corrected chi connectivity index (χ4v) is 3.25. The lowest BCUT2D eigenvalue weighted by Crippen LogP contribution is -2.29. The number of para-hydroxylation sites is 2. The zero-order chi connectivity index (χ0) is 17.6. The molecule has 1 amide bonds. The van der Waals surface area contributed by atoms with Gasteiger partial charge in [-0.2, -0.15) is 0 Å². The minimum atomic E-state index is -0.114.